The number of alkyl halides is 2. The average Bonchev–Trinajstić information content (AvgIpc) is 2.35. The van der Waals surface area contributed by atoms with E-state index in [1.807, 2.05) is 20.8 Å². The molecule has 4 nitrogen and oxygen atoms in total. The van der Waals surface area contributed by atoms with Crippen molar-refractivity contribution in [2.45, 2.75) is 39.5 Å². The van der Waals surface area contributed by atoms with E-state index in [9.17, 15) is 8.78 Å². The minimum atomic E-state index is -2.88. The Bertz CT molecular complexity index is 501. The van der Waals surface area contributed by atoms with Gasteiger partial charge in [-0.3, -0.25) is 4.99 Å². The molecule has 0 aliphatic carbocycles. The Labute approximate surface area is 128 Å². The molecule has 0 fully saturated rings. The van der Waals surface area contributed by atoms with Crippen LogP contribution in [0.15, 0.2) is 23.2 Å². The molecular weight excluding hydrogens is 300 g/mol. The van der Waals surface area contributed by atoms with Crippen molar-refractivity contribution in [3.05, 3.63) is 28.8 Å². The molecule has 1 rings (SSSR count). The molecule has 0 unspecified atom stereocenters. The molecule has 0 amide bonds. The number of aliphatic imine (C=N–C) groups is 1. The van der Waals surface area contributed by atoms with Gasteiger partial charge in [0.15, 0.2) is 5.96 Å². The minimum Gasteiger partial charge on any atom is -0.434 e. The number of guanidine groups is 1. The summed E-state index contributed by atoms with van der Waals surface area (Å²) in [7, 11) is 1.63. The predicted molar refractivity (Wildman–Crippen MR) is 81.2 cm³/mol. The normalized spacial score (nSPS) is 12.5. The summed E-state index contributed by atoms with van der Waals surface area (Å²) >= 11 is 5.89. The van der Waals surface area contributed by atoms with Gasteiger partial charge in [-0.1, -0.05) is 11.6 Å². The summed E-state index contributed by atoms with van der Waals surface area (Å²) < 4.78 is 29.2. The van der Waals surface area contributed by atoms with E-state index in [4.69, 9.17) is 11.6 Å². The lowest BCUT2D eigenvalue weighted by Gasteiger charge is -2.24. The van der Waals surface area contributed by atoms with Crippen LogP contribution in [0, 0.1) is 0 Å². The summed E-state index contributed by atoms with van der Waals surface area (Å²) in [6.45, 7) is 3.36. The second kappa shape index (κ2) is 7.45. The number of hydrogen-bond donors (Lipinski definition) is 2. The molecule has 21 heavy (non-hydrogen) atoms. The second-order valence-electron chi connectivity index (χ2n) is 5.43. The van der Waals surface area contributed by atoms with Crippen molar-refractivity contribution in [1.82, 2.24) is 10.6 Å². The molecule has 0 aliphatic heterocycles. The van der Waals surface area contributed by atoms with Gasteiger partial charge in [0.25, 0.3) is 0 Å². The van der Waals surface area contributed by atoms with Crippen LogP contribution >= 0.6 is 11.6 Å². The summed E-state index contributed by atoms with van der Waals surface area (Å²) in [5.74, 6) is 0.651. The molecule has 0 atom stereocenters. The fraction of sp³-hybridized carbons (Fsp3) is 0.500. The Hall–Kier alpha value is -1.56. The number of hydrogen-bond acceptors (Lipinski definition) is 2. The van der Waals surface area contributed by atoms with Crippen LogP contribution in [-0.4, -0.2) is 25.2 Å². The van der Waals surface area contributed by atoms with Crippen LogP contribution in [0.5, 0.6) is 5.75 Å². The zero-order chi connectivity index (χ0) is 16.0. The van der Waals surface area contributed by atoms with Crippen LogP contribution in [0.1, 0.15) is 26.3 Å². The highest BCUT2D eigenvalue weighted by atomic mass is 35.5. The predicted octanol–water partition coefficient (Wildman–Crippen LogP) is 3.40. The van der Waals surface area contributed by atoms with Crippen LogP contribution in [0.25, 0.3) is 0 Å². The zero-order valence-corrected chi connectivity index (χ0v) is 13.3. The molecule has 0 saturated heterocycles. The Morgan fingerprint density at radius 3 is 2.57 bits per heavy atom. The fourth-order valence-electron chi connectivity index (χ4n) is 1.61. The summed E-state index contributed by atoms with van der Waals surface area (Å²) in [4.78, 5) is 4.07. The Morgan fingerprint density at radius 2 is 2.05 bits per heavy atom. The molecule has 7 heteroatoms. The van der Waals surface area contributed by atoms with Gasteiger partial charge in [0.1, 0.15) is 5.75 Å². The van der Waals surface area contributed by atoms with Gasteiger partial charge in [-0.25, -0.2) is 0 Å². The third-order valence-electron chi connectivity index (χ3n) is 2.40. The highest BCUT2D eigenvalue weighted by Crippen LogP contribution is 2.24. The first-order chi connectivity index (χ1) is 9.71. The van der Waals surface area contributed by atoms with E-state index in [1.165, 1.54) is 12.1 Å². The third kappa shape index (κ3) is 6.62. The molecule has 0 aromatic heterocycles. The Balaban J connectivity index is 2.80. The van der Waals surface area contributed by atoms with E-state index in [1.54, 1.807) is 13.1 Å². The van der Waals surface area contributed by atoms with Crippen LogP contribution in [0.3, 0.4) is 0 Å². The second-order valence-corrected chi connectivity index (χ2v) is 5.87. The molecule has 0 heterocycles. The third-order valence-corrected chi connectivity index (χ3v) is 2.64. The monoisotopic (exact) mass is 319 g/mol. The molecule has 0 aliphatic rings. The standard InChI is InChI=1S/C14H20ClF2N3O/c1-14(2,3)20-13(18-4)19-8-9-7-10(15)5-6-11(9)21-12(16)17/h5-7,12H,8H2,1-4H3,(H2,18,19,20). The SMILES string of the molecule is CN=C(NCc1cc(Cl)ccc1OC(F)F)NC(C)(C)C. The molecular formula is C14H20ClF2N3O. The van der Waals surface area contributed by atoms with E-state index >= 15 is 0 Å². The maximum atomic E-state index is 12.4. The lowest BCUT2D eigenvalue weighted by molar-refractivity contribution is -0.0504. The Kier molecular flexibility index (Phi) is 6.20. The smallest absolute Gasteiger partial charge is 0.387 e. The molecule has 2 N–H and O–H groups in total. The van der Waals surface area contributed by atoms with Gasteiger partial charge < -0.3 is 15.4 Å². The summed E-state index contributed by atoms with van der Waals surface area (Å²) in [6.07, 6.45) is 0. The van der Waals surface area contributed by atoms with Gasteiger partial charge in [-0.15, -0.1) is 0 Å². The van der Waals surface area contributed by atoms with Gasteiger partial charge in [0, 0.05) is 29.7 Å². The maximum absolute atomic E-state index is 12.4. The summed E-state index contributed by atoms with van der Waals surface area (Å²) in [5.41, 5.74) is 0.359. The van der Waals surface area contributed by atoms with Crippen molar-refractivity contribution in [1.29, 1.82) is 0 Å². The zero-order valence-electron chi connectivity index (χ0n) is 12.5. The van der Waals surface area contributed by atoms with Gasteiger partial charge in [0.2, 0.25) is 0 Å². The summed E-state index contributed by atoms with van der Waals surface area (Å²) in [5, 5.41) is 6.66. The summed E-state index contributed by atoms with van der Waals surface area (Å²) in [6, 6.07) is 4.51. The van der Waals surface area contributed by atoms with Gasteiger partial charge in [0.05, 0.1) is 0 Å². The molecule has 0 bridgehead atoms. The lowest BCUT2D eigenvalue weighted by atomic mass is 10.1. The first-order valence-corrected chi connectivity index (χ1v) is 6.81. The first kappa shape index (κ1) is 17.5. The van der Waals surface area contributed by atoms with Crippen LogP contribution in [-0.2, 0) is 6.54 Å². The number of rotatable bonds is 4. The van der Waals surface area contributed by atoms with Crippen molar-refractivity contribution >= 4 is 17.6 Å². The number of ether oxygens (including phenoxy) is 1. The number of benzene rings is 1. The van der Waals surface area contributed by atoms with E-state index in [2.05, 4.69) is 20.4 Å². The molecule has 1 aromatic carbocycles. The highest BCUT2D eigenvalue weighted by molar-refractivity contribution is 6.30. The largest absolute Gasteiger partial charge is 0.434 e. The van der Waals surface area contributed by atoms with Crippen molar-refractivity contribution in [2.75, 3.05) is 7.05 Å². The van der Waals surface area contributed by atoms with Crippen molar-refractivity contribution in [3.8, 4) is 5.75 Å². The van der Waals surface area contributed by atoms with E-state index in [0.29, 0.717) is 16.5 Å². The van der Waals surface area contributed by atoms with Gasteiger partial charge in [-0.2, -0.15) is 8.78 Å². The Morgan fingerprint density at radius 1 is 1.38 bits per heavy atom. The van der Waals surface area contributed by atoms with Crippen LogP contribution < -0.4 is 15.4 Å². The van der Waals surface area contributed by atoms with E-state index < -0.39 is 6.61 Å². The maximum Gasteiger partial charge on any atom is 0.387 e. The van der Waals surface area contributed by atoms with Crippen molar-refractivity contribution in [3.63, 3.8) is 0 Å². The molecule has 118 valence electrons. The van der Waals surface area contributed by atoms with Crippen molar-refractivity contribution in [2.24, 2.45) is 4.99 Å². The van der Waals surface area contributed by atoms with Crippen LogP contribution in [0.4, 0.5) is 8.78 Å². The van der Waals surface area contributed by atoms with Crippen molar-refractivity contribution < 1.29 is 13.5 Å². The van der Waals surface area contributed by atoms with Gasteiger partial charge in [-0.05, 0) is 39.0 Å². The molecule has 0 saturated carbocycles. The van der Waals surface area contributed by atoms with E-state index in [-0.39, 0.29) is 17.8 Å². The fourth-order valence-corrected chi connectivity index (χ4v) is 1.81. The minimum absolute atomic E-state index is 0.0908. The number of nitrogens with one attached hydrogen (secondary N) is 2. The number of halogens is 3. The molecule has 0 spiro atoms. The molecule has 1 aromatic rings. The van der Waals surface area contributed by atoms with Crippen LogP contribution in [0.2, 0.25) is 5.02 Å². The highest BCUT2D eigenvalue weighted by Gasteiger charge is 2.14. The first-order valence-electron chi connectivity index (χ1n) is 6.43. The topological polar surface area (TPSA) is 45.7 Å². The van der Waals surface area contributed by atoms with Gasteiger partial charge >= 0.3 is 6.61 Å². The molecule has 0 radical (unpaired) electrons. The lowest BCUT2D eigenvalue weighted by Crippen LogP contribution is -2.47. The van der Waals surface area contributed by atoms with E-state index in [0.717, 1.165) is 0 Å². The average molecular weight is 320 g/mol. The quantitative estimate of drug-likeness (QED) is 0.660. The number of nitrogens with zero attached hydrogens (tertiary/aromatic N) is 1.